The Morgan fingerprint density at radius 1 is 1.53 bits per heavy atom. The van der Waals surface area contributed by atoms with Crippen LogP contribution in [0.1, 0.15) is 18.4 Å². The number of aromatic nitrogens is 1. The van der Waals surface area contributed by atoms with Gasteiger partial charge in [-0.25, -0.2) is 10.0 Å². The first-order valence-electron chi connectivity index (χ1n) is 5.01. The molecule has 5 heteroatoms. The lowest BCUT2D eigenvalue weighted by Crippen LogP contribution is -2.31. The van der Waals surface area contributed by atoms with Crippen LogP contribution in [0.3, 0.4) is 0 Å². The zero-order chi connectivity index (χ0) is 10.8. The first kappa shape index (κ1) is 10.7. The molecule has 0 spiro atoms. The topological polar surface area (TPSA) is 51.4 Å². The van der Waals surface area contributed by atoms with Gasteiger partial charge in [0.2, 0.25) is 0 Å². The lowest BCUT2D eigenvalue weighted by atomic mass is 10.2. The van der Waals surface area contributed by atoms with E-state index in [9.17, 15) is 0 Å². The van der Waals surface area contributed by atoms with E-state index in [0.29, 0.717) is 5.69 Å². The molecule has 0 aliphatic carbocycles. The van der Waals surface area contributed by atoms with Crippen LogP contribution in [0.25, 0.3) is 0 Å². The molecule has 82 valence electrons. The molecule has 1 saturated heterocycles. The van der Waals surface area contributed by atoms with Crippen LogP contribution in [0.4, 0.5) is 11.5 Å². The van der Waals surface area contributed by atoms with Gasteiger partial charge in [0.15, 0.2) is 5.82 Å². The largest absolute Gasteiger partial charge is 0.397 e. The quantitative estimate of drug-likeness (QED) is 0.852. The summed E-state index contributed by atoms with van der Waals surface area (Å²) in [7, 11) is 0. The van der Waals surface area contributed by atoms with Crippen LogP contribution in [0.15, 0.2) is 10.7 Å². The van der Waals surface area contributed by atoms with Gasteiger partial charge in [0, 0.05) is 6.54 Å². The Labute approximate surface area is 97.5 Å². The van der Waals surface area contributed by atoms with Crippen LogP contribution in [0, 0.1) is 6.92 Å². The Balaban J connectivity index is 2.31. The van der Waals surface area contributed by atoms with E-state index >= 15 is 0 Å². The SMILES string of the molecule is Cc1c(N)cnc(N2CCCCO2)c1Br. The third-order valence-electron chi connectivity index (χ3n) is 2.52. The minimum Gasteiger partial charge on any atom is -0.397 e. The fourth-order valence-corrected chi connectivity index (χ4v) is 2.05. The molecule has 1 aliphatic heterocycles. The molecule has 0 radical (unpaired) electrons. The summed E-state index contributed by atoms with van der Waals surface area (Å²) in [6, 6.07) is 0. The highest BCUT2D eigenvalue weighted by Crippen LogP contribution is 2.31. The van der Waals surface area contributed by atoms with E-state index in [1.54, 1.807) is 6.20 Å². The number of hydrogen-bond acceptors (Lipinski definition) is 4. The van der Waals surface area contributed by atoms with Gasteiger partial charge in [-0.05, 0) is 41.3 Å². The van der Waals surface area contributed by atoms with Crippen molar-refractivity contribution in [3.05, 3.63) is 16.2 Å². The standard InChI is InChI=1S/C10H14BrN3O/c1-7-8(12)6-13-10(9(7)11)14-4-2-3-5-15-14/h6H,2-5,12H2,1H3. The zero-order valence-electron chi connectivity index (χ0n) is 8.66. The third-order valence-corrected chi connectivity index (χ3v) is 3.47. The minimum absolute atomic E-state index is 0.697. The fourth-order valence-electron chi connectivity index (χ4n) is 1.52. The summed E-state index contributed by atoms with van der Waals surface area (Å²) in [5.74, 6) is 0.821. The molecule has 2 N–H and O–H groups in total. The molecule has 2 rings (SSSR count). The normalized spacial score (nSPS) is 16.8. The van der Waals surface area contributed by atoms with Gasteiger partial charge in [0.05, 0.1) is 23.0 Å². The fraction of sp³-hybridized carbons (Fsp3) is 0.500. The van der Waals surface area contributed by atoms with Crippen LogP contribution in [-0.2, 0) is 4.84 Å². The van der Waals surface area contributed by atoms with E-state index < -0.39 is 0 Å². The molecule has 0 bridgehead atoms. The number of hydroxylamine groups is 1. The molecular weight excluding hydrogens is 258 g/mol. The lowest BCUT2D eigenvalue weighted by Gasteiger charge is -2.28. The average molecular weight is 272 g/mol. The van der Waals surface area contributed by atoms with Crippen LogP contribution >= 0.6 is 15.9 Å². The van der Waals surface area contributed by atoms with E-state index in [-0.39, 0.29) is 0 Å². The molecule has 15 heavy (non-hydrogen) atoms. The van der Waals surface area contributed by atoms with Gasteiger partial charge in [0.1, 0.15) is 0 Å². The minimum atomic E-state index is 0.697. The van der Waals surface area contributed by atoms with Crippen molar-refractivity contribution in [2.24, 2.45) is 0 Å². The molecule has 0 atom stereocenters. The summed E-state index contributed by atoms with van der Waals surface area (Å²) in [5, 5.41) is 1.83. The number of pyridine rings is 1. The highest BCUT2D eigenvalue weighted by Gasteiger charge is 2.17. The maximum Gasteiger partial charge on any atom is 0.167 e. The van der Waals surface area contributed by atoms with Crippen LogP contribution in [0.5, 0.6) is 0 Å². The maximum atomic E-state index is 5.77. The second-order valence-corrected chi connectivity index (χ2v) is 4.41. The predicted molar refractivity (Wildman–Crippen MR) is 63.6 cm³/mol. The number of nitrogen functional groups attached to an aromatic ring is 1. The van der Waals surface area contributed by atoms with Crippen molar-refractivity contribution in [1.29, 1.82) is 0 Å². The molecule has 0 saturated carbocycles. The molecule has 2 heterocycles. The van der Waals surface area contributed by atoms with Crippen molar-refractivity contribution in [1.82, 2.24) is 4.98 Å². The Morgan fingerprint density at radius 2 is 2.33 bits per heavy atom. The van der Waals surface area contributed by atoms with Crippen LogP contribution in [0.2, 0.25) is 0 Å². The van der Waals surface area contributed by atoms with Crippen molar-refractivity contribution in [2.75, 3.05) is 23.9 Å². The van der Waals surface area contributed by atoms with E-state index in [0.717, 1.165) is 41.8 Å². The average Bonchev–Trinajstić information content (AvgIpc) is 2.27. The molecule has 1 aromatic rings. The number of nitrogens with zero attached hydrogens (tertiary/aromatic N) is 2. The van der Waals surface area contributed by atoms with Crippen molar-refractivity contribution in [3.63, 3.8) is 0 Å². The molecule has 0 unspecified atom stereocenters. The van der Waals surface area contributed by atoms with Crippen LogP contribution < -0.4 is 10.8 Å². The molecular formula is C10H14BrN3O. The Kier molecular flexibility index (Phi) is 3.11. The van der Waals surface area contributed by atoms with Gasteiger partial charge in [-0.3, -0.25) is 4.84 Å². The number of halogens is 1. The van der Waals surface area contributed by atoms with E-state index in [2.05, 4.69) is 20.9 Å². The molecule has 1 fully saturated rings. The van der Waals surface area contributed by atoms with Crippen molar-refractivity contribution in [3.8, 4) is 0 Å². The first-order valence-corrected chi connectivity index (χ1v) is 5.80. The van der Waals surface area contributed by atoms with Crippen molar-refractivity contribution in [2.45, 2.75) is 19.8 Å². The monoisotopic (exact) mass is 271 g/mol. The highest BCUT2D eigenvalue weighted by molar-refractivity contribution is 9.10. The molecule has 0 amide bonds. The Bertz CT molecular complexity index is 364. The summed E-state index contributed by atoms with van der Waals surface area (Å²) in [5.41, 5.74) is 7.47. The lowest BCUT2D eigenvalue weighted by molar-refractivity contribution is 0.0758. The highest BCUT2D eigenvalue weighted by atomic mass is 79.9. The Morgan fingerprint density at radius 3 is 3.00 bits per heavy atom. The number of nitrogens with two attached hydrogens (primary N) is 1. The van der Waals surface area contributed by atoms with Crippen molar-refractivity contribution < 1.29 is 4.84 Å². The van der Waals surface area contributed by atoms with Gasteiger partial charge in [-0.2, -0.15) is 0 Å². The molecule has 4 nitrogen and oxygen atoms in total. The third kappa shape index (κ3) is 2.08. The molecule has 0 aromatic carbocycles. The van der Waals surface area contributed by atoms with E-state index in [1.807, 2.05) is 12.0 Å². The number of hydrogen-bond donors (Lipinski definition) is 1. The Hall–Kier alpha value is -0.810. The smallest absolute Gasteiger partial charge is 0.167 e. The van der Waals surface area contributed by atoms with Gasteiger partial charge >= 0.3 is 0 Å². The van der Waals surface area contributed by atoms with Crippen molar-refractivity contribution >= 4 is 27.4 Å². The number of rotatable bonds is 1. The van der Waals surface area contributed by atoms with E-state index in [1.165, 1.54) is 0 Å². The second kappa shape index (κ2) is 4.37. The predicted octanol–water partition coefficient (Wildman–Crippen LogP) is 2.27. The number of anilines is 2. The maximum absolute atomic E-state index is 5.77. The first-order chi connectivity index (χ1) is 7.20. The summed E-state index contributed by atoms with van der Waals surface area (Å²) in [6.07, 6.45) is 3.92. The second-order valence-electron chi connectivity index (χ2n) is 3.62. The zero-order valence-corrected chi connectivity index (χ0v) is 10.2. The summed E-state index contributed by atoms with van der Waals surface area (Å²) in [4.78, 5) is 9.83. The summed E-state index contributed by atoms with van der Waals surface area (Å²) in [6.45, 7) is 3.61. The van der Waals surface area contributed by atoms with Crippen LogP contribution in [-0.4, -0.2) is 18.1 Å². The van der Waals surface area contributed by atoms with Gasteiger partial charge in [0.25, 0.3) is 0 Å². The summed E-state index contributed by atoms with van der Waals surface area (Å²) >= 11 is 3.50. The van der Waals surface area contributed by atoms with Gasteiger partial charge < -0.3 is 5.73 Å². The van der Waals surface area contributed by atoms with Gasteiger partial charge in [-0.15, -0.1) is 0 Å². The molecule has 1 aromatic heterocycles. The summed E-state index contributed by atoms with van der Waals surface area (Å²) < 4.78 is 0.921. The molecule has 1 aliphatic rings. The van der Waals surface area contributed by atoms with E-state index in [4.69, 9.17) is 10.6 Å². The van der Waals surface area contributed by atoms with Gasteiger partial charge in [-0.1, -0.05) is 0 Å².